The Bertz CT molecular complexity index is 913. The van der Waals surface area contributed by atoms with Gasteiger partial charge in [0.2, 0.25) is 5.91 Å². The molecule has 2 heterocycles. The standard InChI is InChI=1S/C19H25N5O3/c1-2-23(15(25)13-22-10-6-7-11-22)16-17(20)24(19(27)21-18(16)26)12-14-8-4-3-5-9-14/h3-5,8-9H,2,6-7,10-13,20H2,1H3,(H,21,26,27). The molecule has 8 nitrogen and oxygen atoms in total. The molecule has 1 aromatic heterocycles. The van der Waals surface area contributed by atoms with Gasteiger partial charge < -0.3 is 10.6 Å². The Balaban J connectivity index is 1.95. The molecule has 0 bridgehead atoms. The molecule has 0 unspecified atom stereocenters. The number of nitrogens with one attached hydrogen (secondary N) is 1. The normalized spacial score (nSPS) is 14.4. The molecular formula is C19H25N5O3. The van der Waals surface area contributed by atoms with Gasteiger partial charge in [0, 0.05) is 6.54 Å². The number of hydrogen-bond donors (Lipinski definition) is 2. The summed E-state index contributed by atoms with van der Waals surface area (Å²) in [4.78, 5) is 43.3. The zero-order valence-electron chi connectivity index (χ0n) is 15.5. The van der Waals surface area contributed by atoms with Gasteiger partial charge in [-0.1, -0.05) is 30.3 Å². The molecule has 27 heavy (non-hydrogen) atoms. The Morgan fingerprint density at radius 2 is 1.85 bits per heavy atom. The van der Waals surface area contributed by atoms with E-state index in [9.17, 15) is 14.4 Å². The molecule has 1 aliphatic rings. The number of hydrogen-bond acceptors (Lipinski definition) is 5. The predicted molar refractivity (Wildman–Crippen MR) is 105 cm³/mol. The number of nitrogen functional groups attached to an aromatic ring is 1. The highest BCUT2D eigenvalue weighted by atomic mass is 16.2. The van der Waals surface area contributed by atoms with Crippen LogP contribution in [0.15, 0.2) is 39.9 Å². The Hall–Kier alpha value is -2.87. The molecule has 1 amide bonds. The second-order valence-corrected chi connectivity index (χ2v) is 6.69. The van der Waals surface area contributed by atoms with Gasteiger partial charge in [-0.05, 0) is 38.4 Å². The SMILES string of the molecule is CCN(C(=O)CN1CCCC1)c1c(N)n(Cc2ccccc2)c(=O)[nH]c1=O. The maximum absolute atomic E-state index is 12.8. The largest absolute Gasteiger partial charge is 0.383 e. The highest BCUT2D eigenvalue weighted by Crippen LogP contribution is 2.18. The van der Waals surface area contributed by atoms with Crippen LogP contribution in [0.4, 0.5) is 11.5 Å². The van der Waals surface area contributed by atoms with Crippen molar-refractivity contribution in [1.82, 2.24) is 14.5 Å². The van der Waals surface area contributed by atoms with Crippen LogP contribution in [0.3, 0.4) is 0 Å². The number of aromatic nitrogens is 2. The first-order valence-electron chi connectivity index (χ1n) is 9.20. The third-order valence-corrected chi connectivity index (χ3v) is 4.84. The Kier molecular flexibility index (Phi) is 5.75. The molecule has 3 rings (SSSR count). The van der Waals surface area contributed by atoms with Crippen molar-refractivity contribution in [2.45, 2.75) is 26.3 Å². The highest BCUT2D eigenvalue weighted by molar-refractivity contribution is 5.96. The average Bonchev–Trinajstić information content (AvgIpc) is 3.15. The van der Waals surface area contributed by atoms with E-state index in [4.69, 9.17) is 5.73 Å². The number of carbonyl (C=O) groups excluding carboxylic acids is 1. The van der Waals surface area contributed by atoms with Crippen LogP contribution < -0.4 is 21.9 Å². The van der Waals surface area contributed by atoms with Gasteiger partial charge in [0.15, 0.2) is 5.69 Å². The van der Waals surface area contributed by atoms with Gasteiger partial charge in [-0.2, -0.15) is 0 Å². The summed E-state index contributed by atoms with van der Waals surface area (Å²) in [6.07, 6.45) is 2.15. The summed E-state index contributed by atoms with van der Waals surface area (Å²) in [7, 11) is 0. The maximum atomic E-state index is 12.8. The van der Waals surface area contributed by atoms with Crippen LogP contribution in [0.1, 0.15) is 25.3 Å². The summed E-state index contributed by atoms with van der Waals surface area (Å²) in [5.74, 6) is -0.189. The van der Waals surface area contributed by atoms with Crippen LogP contribution in [0.5, 0.6) is 0 Å². The monoisotopic (exact) mass is 371 g/mol. The van der Waals surface area contributed by atoms with Crippen LogP contribution >= 0.6 is 0 Å². The van der Waals surface area contributed by atoms with Crippen molar-refractivity contribution >= 4 is 17.4 Å². The number of likely N-dealkylation sites (N-methyl/N-ethyl adjacent to an activating group) is 1. The van der Waals surface area contributed by atoms with Gasteiger partial charge in [-0.25, -0.2) is 4.79 Å². The fraction of sp³-hybridized carbons (Fsp3) is 0.421. The first-order valence-corrected chi connectivity index (χ1v) is 9.20. The number of likely N-dealkylation sites (tertiary alicyclic amines) is 1. The Labute approximate surface area is 157 Å². The molecule has 8 heteroatoms. The van der Waals surface area contributed by atoms with Gasteiger partial charge in [-0.3, -0.25) is 24.0 Å². The molecule has 1 fully saturated rings. The molecule has 0 radical (unpaired) electrons. The van der Waals surface area contributed by atoms with Gasteiger partial charge >= 0.3 is 5.69 Å². The number of amides is 1. The van der Waals surface area contributed by atoms with Gasteiger partial charge in [0.05, 0.1) is 13.1 Å². The number of rotatable bonds is 6. The van der Waals surface area contributed by atoms with Gasteiger partial charge in [0.25, 0.3) is 5.56 Å². The van der Waals surface area contributed by atoms with Crippen molar-refractivity contribution < 1.29 is 4.79 Å². The van der Waals surface area contributed by atoms with E-state index >= 15 is 0 Å². The quantitative estimate of drug-likeness (QED) is 0.774. The van der Waals surface area contributed by atoms with E-state index in [0.29, 0.717) is 6.54 Å². The molecular weight excluding hydrogens is 346 g/mol. The minimum Gasteiger partial charge on any atom is -0.383 e. The first kappa shape index (κ1) is 18.9. The van der Waals surface area contributed by atoms with Crippen molar-refractivity contribution in [3.8, 4) is 0 Å². The Morgan fingerprint density at radius 3 is 2.48 bits per heavy atom. The summed E-state index contributed by atoms with van der Waals surface area (Å²) in [6, 6.07) is 9.34. The lowest BCUT2D eigenvalue weighted by Gasteiger charge is -2.25. The third kappa shape index (κ3) is 4.11. The summed E-state index contributed by atoms with van der Waals surface area (Å²) in [5, 5.41) is 0. The fourth-order valence-corrected chi connectivity index (χ4v) is 3.44. The zero-order chi connectivity index (χ0) is 19.4. The maximum Gasteiger partial charge on any atom is 0.330 e. The Morgan fingerprint density at radius 1 is 1.19 bits per heavy atom. The third-order valence-electron chi connectivity index (χ3n) is 4.84. The molecule has 0 spiro atoms. The number of nitrogens with zero attached hydrogens (tertiary/aromatic N) is 3. The van der Waals surface area contributed by atoms with E-state index in [1.165, 1.54) is 9.47 Å². The van der Waals surface area contributed by atoms with Crippen molar-refractivity contribution in [3.63, 3.8) is 0 Å². The minimum atomic E-state index is -0.640. The van der Waals surface area contributed by atoms with E-state index in [-0.39, 0.29) is 30.5 Å². The smallest absolute Gasteiger partial charge is 0.330 e. The second kappa shape index (κ2) is 8.22. The average molecular weight is 371 g/mol. The minimum absolute atomic E-state index is 0.00391. The van der Waals surface area contributed by atoms with E-state index in [2.05, 4.69) is 9.88 Å². The van der Waals surface area contributed by atoms with Crippen LogP contribution in [0, 0.1) is 0 Å². The van der Waals surface area contributed by atoms with Crippen LogP contribution in [0.2, 0.25) is 0 Å². The highest BCUT2D eigenvalue weighted by Gasteiger charge is 2.25. The molecule has 1 aliphatic heterocycles. The van der Waals surface area contributed by atoms with Crippen molar-refractivity contribution in [2.75, 3.05) is 36.8 Å². The van der Waals surface area contributed by atoms with Crippen molar-refractivity contribution in [3.05, 3.63) is 56.7 Å². The summed E-state index contributed by atoms with van der Waals surface area (Å²) in [5.41, 5.74) is 5.87. The number of aromatic amines is 1. The molecule has 1 saturated heterocycles. The summed E-state index contributed by atoms with van der Waals surface area (Å²) < 4.78 is 1.29. The molecule has 0 aliphatic carbocycles. The van der Waals surface area contributed by atoms with Crippen molar-refractivity contribution in [1.29, 1.82) is 0 Å². The molecule has 1 aromatic carbocycles. The van der Waals surface area contributed by atoms with Gasteiger partial charge in [0.1, 0.15) is 5.82 Å². The van der Waals surface area contributed by atoms with E-state index in [1.54, 1.807) is 6.92 Å². The number of anilines is 2. The van der Waals surface area contributed by atoms with Crippen LogP contribution in [-0.2, 0) is 11.3 Å². The number of carbonyl (C=O) groups is 1. The van der Waals surface area contributed by atoms with E-state index in [1.807, 2.05) is 30.3 Å². The van der Waals surface area contributed by atoms with E-state index in [0.717, 1.165) is 31.5 Å². The zero-order valence-corrected chi connectivity index (χ0v) is 15.5. The lowest BCUT2D eigenvalue weighted by Crippen LogP contribution is -2.44. The predicted octanol–water partition coefficient (Wildman–Crippen LogP) is 0.616. The van der Waals surface area contributed by atoms with Crippen molar-refractivity contribution in [2.24, 2.45) is 0 Å². The topological polar surface area (TPSA) is 104 Å². The van der Waals surface area contributed by atoms with Crippen LogP contribution in [-0.4, -0.2) is 46.5 Å². The van der Waals surface area contributed by atoms with Crippen LogP contribution in [0.25, 0.3) is 0 Å². The van der Waals surface area contributed by atoms with E-state index < -0.39 is 11.2 Å². The number of H-pyrrole nitrogens is 1. The molecule has 3 N–H and O–H groups in total. The second-order valence-electron chi connectivity index (χ2n) is 6.69. The number of nitrogens with two attached hydrogens (primary N) is 1. The summed E-state index contributed by atoms with van der Waals surface area (Å²) in [6.45, 7) is 4.29. The lowest BCUT2D eigenvalue weighted by molar-refractivity contribution is -0.119. The molecule has 0 saturated carbocycles. The molecule has 0 atom stereocenters. The summed E-state index contributed by atoms with van der Waals surface area (Å²) >= 11 is 0. The first-order chi connectivity index (χ1) is 13.0. The fourth-order valence-electron chi connectivity index (χ4n) is 3.44. The molecule has 144 valence electrons. The lowest BCUT2D eigenvalue weighted by atomic mass is 10.2. The molecule has 2 aromatic rings. The number of benzene rings is 1. The van der Waals surface area contributed by atoms with Gasteiger partial charge in [-0.15, -0.1) is 0 Å².